The SMILES string of the molecule is C=CCN(CC=C)C(=O)c1ccc(C#N)cc1. The van der Waals surface area contributed by atoms with Gasteiger partial charge >= 0.3 is 0 Å². The molecule has 0 aliphatic heterocycles. The fraction of sp³-hybridized carbons (Fsp3) is 0.143. The molecule has 1 aromatic rings. The molecular weight excluding hydrogens is 212 g/mol. The van der Waals surface area contributed by atoms with Crippen LogP contribution in [0.3, 0.4) is 0 Å². The minimum atomic E-state index is -0.0886. The van der Waals surface area contributed by atoms with Crippen molar-refractivity contribution in [3.63, 3.8) is 0 Å². The summed E-state index contributed by atoms with van der Waals surface area (Å²) < 4.78 is 0. The fourth-order valence-electron chi connectivity index (χ4n) is 1.42. The third-order valence-corrected chi connectivity index (χ3v) is 2.25. The van der Waals surface area contributed by atoms with Gasteiger partial charge in [-0.05, 0) is 24.3 Å². The predicted octanol–water partition coefficient (Wildman–Crippen LogP) is 2.37. The summed E-state index contributed by atoms with van der Waals surface area (Å²) in [6.07, 6.45) is 3.34. The maximum Gasteiger partial charge on any atom is 0.254 e. The fourth-order valence-corrected chi connectivity index (χ4v) is 1.42. The van der Waals surface area contributed by atoms with Crippen molar-refractivity contribution in [1.82, 2.24) is 4.90 Å². The molecule has 0 aliphatic rings. The highest BCUT2D eigenvalue weighted by Gasteiger charge is 2.12. The van der Waals surface area contributed by atoms with Crippen molar-refractivity contribution in [3.8, 4) is 6.07 Å². The van der Waals surface area contributed by atoms with E-state index < -0.39 is 0 Å². The van der Waals surface area contributed by atoms with E-state index in [1.807, 2.05) is 6.07 Å². The standard InChI is InChI=1S/C14H14N2O/c1-3-9-16(10-4-2)14(17)13-7-5-12(11-15)6-8-13/h3-8H,1-2,9-10H2. The Morgan fingerprint density at radius 3 is 2.18 bits per heavy atom. The van der Waals surface area contributed by atoms with Crippen LogP contribution in [0.1, 0.15) is 15.9 Å². The van der Waals surface area contributed by atoms with Crippen LogP contribution >= 0.6 is 0 Å². The number of nitrogens with zero attached hydrogens (tertiary/aromatic N) is 2. The van der Waals surface area contributed by atoms with Gasteiger partial charge in [-0.1, -0.05) is 12.2 Å². The van der Waals surface area contributed by atoms with Gasteiger partial charge < -0.3 is 4.90 Å². The van der Waals surface area contributed by atoms with E-state index in [9.17, 15) is 4.79 Å². The predicted molar refractivity (Wildman–Crippen MR) is 67.5 cm³/mol. The van der Waals surface area contributed by atoms with E-state index in [4.69, 9.17) is 5.26 Å². The minimum Gasteiger partial charge on any atom is -0.331 e. The first-order valence-electron chi connectivity index (χ1n) is 5.24. The van der Waals surface area contributed by atoms with E-state index in [2.05, 4.69) is 13.2 Å². The molecule has 1 amide bonds. The van der Waals surface area contributed by atoms with Crippen molar-refractivity contribution in [1.29, 1.82) is 5.26 Å². The quantitative estimate of drug-likeness (QED) is 0.723. The number of carbonyl (C=O) groups excluding carboxylic acids is 1. The van der Waals surface area contributed by atoms with Gasteiger partial charge in [-0.2, -0.15) is 5.26 Å². The van der Waals surface area contributed by atoms with E-state index in [1.54, 1.807) is 41.3 Å². The van der Waals surface area contributed by atoms with Crippen LogP contribution in [-0.2, 0) is 0 Å². The highest BCUT2D eigenvalue weighted by molar-refractivity contribution is 5.94. The highest BCUT2D eigenvalue weighted by Crippen LogP contribution is 2.07. The molecule has 0 aromatic heterocycles. The van der Waals surface area contributed by atoms with E-state index >= 15 is 0 Å². The molecule has 0 saturated carbocycles. The summed E-state index contributed by atoms with van der Waals surface area (Å²) in [6, 6.07) is 8.59. The molecule has 1 rings (SSSR count). The van der Waals surface area contributed by atoms with Crippen LogP contribution in [-0.4, -0.2) is 23.9 Å². The lowest BCUT2D eigenvalue weighted by Gasteiger charge is -2.19. The monoisotopic (exact) mass is 226 g/mol. The van der Waals surface area contributed by atoms with Crippen molar-refractivity contribution in [2.45, 2.75) is 0 Å². The molecule has 0 heterocycles. The van der Waals surface area contributed by atoms with Gasteiger partial charge in [-0.3, -0.25) is 4.79 Å². The van der Waals surface area contributed by atoms with Gasteiger partial charge in [0.1, 0.15) is 0 Å². The zero-order chi connectivity index (χ0) is 12.7. The third kappa shape index (κ3) is 3.32. The lowest BCUT2D eigenvalue weighted by molar-refractivity contribution is 0.0791. The van der Waals surface area contributed by atoms with Crippen LogP contribution in [0, 0.1) is 11.3 Å². The molecule has 0 bridgehead atoms. The van der Waals surface area contributed by atoms with Gasteiger partial charge in [0.25, 0.3) is 5.91 Å². The molecule has 0 saturated heterocycles. The van der Waals surface area contributed by atoms with Crippen molar-refractivity contribution in [3.05, 3.63) is 60.7 Å². The highest BCUT2D eigenvalue weighted by atomic mass is 16.2. The first-order chi connectivity index (χ1) is 8.22. The third-order valence-electron chi connectivity index (χ3n) is 2.25. The molecule has 0 spiro atoms. The summed E-state index contributed by atoms with van der Waals surface area (Å²) in [5.74, 6) is -0.0886. The molecule has 0 fully saturated rings. The zero-order valence-electron chi connectivity index (χ0n) is 9.60. The Hall–Kier alpha value is -2.34. The summed E-state index contributed by atoms with van der Waals surface area (Å²) in [6.45, 7) is 8.18. The largest absolute Gasteiger partial charge is 0.331 e. The summed E-state index contributed by atoms with van der Waals surface area (Å²) in [7, 11) is 0. The second-order valence-electron chi connectivity index (χ2n) is 3.48. The number of nitriles is 1. The molecule has 0 unspecified atom stereocenters. The number of carbonyl (C=O) groups is 1. The maximum atomic E-state index is 12.1. The van der Waals surface area contributed by atoms with Crippen molar-refractivity contribution < 1.29 is 4.79 Å². The molecule has 17 heavy (non-hydrogen) atoms. The lowest BCUT2D eigenvalue weighted by atomic mass is 10.1. The van der Waals surface area contributed by atoms with Crippen LogP contribution in [0.25, 0.3) is 0 Å². The lowest BCUT2D eigenvalue weighted by Crippen LogP contribution is -2.31. The van der Waals surface area contributed by atoms with Crippen molar-refractivity contribution in [2.75, 3.05) is 13.1 Å². The van der Waals surface area contributed by atoms with Crippen LogP contribution in [0.2, 0.25) is 0 Å². The molecular formula is C14H14N2O. The Balaban J connectivity index is 2.88. The summed E-state index contributed by atoms with van der Waals surface area (Å²) in [5.41, 5.74) is 1.10. The Kier molecular flexibility index (Phi) is 4.71. The maximum absolute atomic E-state index is 12.1. The number of benzene rings is 1. The van der Waals surface area contributed by atoms with Crippen LogP contribution < -0.4 is 0 Å². The smallest absolute Gasteiger partial charge is 0.254 e. The number of amides is 1. The van der Waals surface area contributed by atoms with Crippen molar-refractivity contribution in [2.24, 2.45) is 0 Å². The molecule has 0 N–H and O–H groups in total. The van der Waals surface area contributed by atoms with Gasteiger partial charge in [-0.25, -0.2) is 0 Å². The van der Waals surface area contributed by atoms with Gasteiger partial charge in [0.2, 0.25) is 0 Å². The Morgan fingerprint density at radius 2 is 1.76 bits per heavy atom. The van der Waals surface area contributed by atoms with Gasteiger partial charge in [0.05, 0.1) is 11.6 Å². The van der Waals surface area contributed by atoms with Gasteiger partial charge in [-0.15, -0.1) is 13.2 Å². The van der Waals surface area contributed by atoms with Gasteiger partial charge in [0, 0.05) is 18.7 Å². The van der Waals surface area contributed by atoms with E-state index in [0.29, 0.717) is 24.2 Å². The van der Waals surface area contributed by atoms with Gasteiger partial charge in [0.15, 0.2) is 0 Å². The average molecular weight is 226 g/mol. The van der Waals surface area contributed by atoms with Crippen LogP contribution in [0.4, 0.5) is 0 Å². The summed E-state index contributed by atoms with van der Waals surface area (Å²) in [4.78, 5) is 13.7. The van der Waals surface area contributed by atoms with E-state index in [0.717, 1.165) is 0 Å². The number of hydrogen-bond acceptors (Lipinski definition) is 2. The molecule has 0 radical (unpaired) electrons. The average Bonchev–Trinajstić information content (AvgIpc) is 2.38. The van der Waals surface area contributed by atoms with Crippen LogP contribution in [0.15, 0.2) is 49.6 Å². The molecule has 3 nitrogen and oxygen atoms in total. The summed E-state index contributed by atoms with van der Waals surface area (Å²) in [5, 5.41) is 8.67. The van der Waals surface area contributed by atoms with Crippen molar-refractivity contribution >= 4 is 5.91 Å². The number of hydrogen-bond donors (Lipinski definition) is 0. The second-order valence-corrected chi connectivity index (χ2v) is 3.48. The molecule has 1 aromatic carbocycles. The second kappa shape index (κ2) is 6.29. The molecule has 3 heteroatoms. The Labute approximate surface area is 101 Å². The topological polar surface area (TPSA) is 44.1 Å². The first kappa shape index (κ1) is 12.7. The molecule has 0 atom stereocenters. The first-order valence-corrected chi connectivity index (χ1v) is 5.24. The van der Waals surface area contributed by atoms with E-state index in [-0.39, 0.29) is 5.91 Å². The Bertz CT molecular complexity index is 444. The van der Waals surface area contributed by atoms with E-state index in [1.165, 1.54) is 0 Å². The normalized spacial score (nSPS) is 9.12. The molecule has 86 valence electrons. The number of rotatable bonds is 5. The minimum absolute atomic E-state index is 0.0886. The summed E-state index contributed by atoms with van der Waals surface area (Å²) >= 11 is 0. The van der Waals surface area contributed by atoms with Crippen LogP contribution in [0.5, 0.6) is 0 Å². The molecule has 0 aliphatic carbocycles. The Morgan fingerprint density at radius 1 is 1.24 bits per heavy atom. The zero-order valence-corrected chi connectivity index (χ0v) is 9.60.